The second-order valence-electron chi connectivity index (χ2n) is 5.74. The minimum atomic E-state index is -0.157. The molecule has 0 saturated heterocycles. The van der Waals surface area contributed by atoms with Gasteiger partial charge in [0, 0.05) is 21.5 Å². The van der Waals surface area contributed by atoms with Crippen LogP contribution in [0.1, 0.15) is 22.2 Å². The number of aromatic nitrogens is 2. The number of rotatable bonds is 6. The SMILES string of the molecule is CCc1sc(NC(=O)c2ccc(SN(C)C)cc2)nc1-c1ccccn1. The van der Waals surface area contributed by atoms with Gasteiger partial charge >= 0.3 is 0 Å². The summed E-state index contributed by atoms with van der Waals surface area (Å²) in [4.78, 5) is 23.7. The van der Waals surface area contributed by atoms with Crippen molar-refractivity contribution in [3.8, 4) is 11.4 Å². The highest BCUT2D eigenvalue weighted by molar-refractivity contribution is 7.97. The highest BCUT2D eigenvalue weighted by Crippen LogP contribution is 2.30. The summed E-state index contributed by atoms with van der Waals surface area (Å²) in [5.41, 5.74) is 2.28. The number of aryl methyl sites for hydroxylation is 1. The number of thiazole rings is 1. The summed E-state index contributed by atoms with van der Waals surface area (Å²) in [7, 11) is 3.97. The second-order valence-corrected chi connectivity index (χ2v) is 8.21. The molecule has 1 aromatic carbocycles. The zero-order chi connectivity index (χ0) is 18.5. The average molecular weight is 385 g/mol. The van der Waals surface area contributed by atoms with Crippen molar-refractivity contribution in [2.24, 2.45) is 0 Å². The molecule has 26 heavy (non-hydrogen) atoms. The van der Waals surface area contributed by atoms with Crippen molar-refractivity contribution >= 4 is 34.3 Å². The molecule has 0 atom stereocenters. The smallest absolute Gasteiger partial charge is 0.257 e. The Bertz CT molecular complexity index is 876. The van der Waals surface area contributed by atoms with Gasteiger partial charge in [-0.05, 0) is 68.9 Å². The number of amides is 1. The molecule has 0 spiro atoms. The summed E-state index contributed by atoms with van der Waals surface area (Å²) in [5.74, 6) is -0.157. The summed E-state index contributed by atoms with van der Waals surface area (Å²) >= 11 is 3.11. The van der Waals surface area contributed by atoms with E-state index in [1.54, 1.807) is 18.1 Å². The van der Waals surface area contributed by atoms with Gasteiger partial charge in [-0.1, -0.05) is 13.0 Å². The molecule has 1 N–H and O–H groups in total. The van der Waals surface area contributed by atoms with Crippen LogP contribution in [0.15, 0.2) is 53.6 Å². The maximum atomic E-state index is 12.5. The van der Waals surface area contributed by atoms with Crippen molar-refractivity contribution in [2.45, 2.75) is 18.2 Å². The van der Waals surface area contributed by atoms with E-state index in [1.165, 1.54) is 11.3 Å². The van der Waals surface area contributed by atoms with Crippen molar-refractivity contribution in [2.75, 3.05) is 19.4 Å². The Morgan fingerprint density at radius 2 is 1.96 bits per heavy atom. The van der Waals surface area contributed by atoms with Crippen LogP contribution in [0.5, 0.6) is 0 Å². The molecule has 2 aromatic heterocycles. The maximum Gasteiger partial charge on any atom is 0.257 e. The van der Waals surface area contributed by atoms with Crippen LogP contribution in [0.4, 0.5) is 5.13 Å². The highest BCUT2D eigenvalue weighted by atomic mass is 32.2. The quantitative estimate of drug-likeness (QED) is 0.630. The predicted molar refractivity (Wildman–Crippen MR) is 109 cm³/mol. The fourth-order valence-corrected chi connectivity index (χ4v) is 3.98. The highest BCUT2D eigenvalue weighted by Gasteiger charge is 2.15. The normalized spacial score (nSPS) is 10.9. The van der Waals surface area contributed by atoms with Crippen LogP contribution in [-0.4, -0.2) is 34.3 Å². The first kappa shape index (κ1) is 18.6. The fraction of sp³-hybridized carbons (Fsp3) is 0.211. The first-order chi connectivity index (χ1) is 12.6. The molecule has 0 radical (unpaired) electrons. The Morgan fingerprint density at radius 1 is 1.19 bits per heavy atom. The molecule has 3 rings (SSSR count). The number of hydrogen-bond donors (Lipinski definition) is 1. The van der Waals surface area contributed by atoms with Crippen molar-refractivity contribution in [1.29, 1.82) is 0 Å². The molecule has 0 aliphatic carbocycles. The van der Waals surface area contributed by atoms with E-state index in [-0.39, 0.29) is 5.91 Å². The minimum Gasteiger partial charge on any atom is -0.298 e. The molecule has 0 saturated carbocycles. The van der Waals surface area contributed by atoms with Gasteiger partial charge in [0.25, 0.3) is 5.91 Å². The van der Waals surface area contributed by atoms with Crippen LogP contribution in [0.25, 0.3) is 11.4 Å². The topological polar surface area (TPSA) is 58.1 Å². The van der Waals surface area contributed by atoms with E-state index in [1.807, 2.05) is 60.9 Å². The first-order valence-corrected chi connectivity index (χ1v) is 9.83. The van der Waals surface area contributed by atoms with Crippen molar-refractivity contribution < 1.29 is 4.79 Å². The van der Waals surface area contributed by atoms with Crippen molar-refractivity contribution in [3.05, 3.63) is 59.1 Å². The first-order valence-electron chi connectivity index (χ1n) is 8.24. The molecule has 0 bridgehead atoms. The Labute approximate surface area is 161 Å². The lowest BCUT2D eigenvalue weighted by atomic mass is 10.2. The molecule has 0 unspecified atom stereocenters. The van der Waals surface area contributed by atoms with Gasteiger partial charge in [-0.3, -0.25) is 19.4 Å². The molecule has 2 heterocycles. The number of hydrogen-bond acceptors (Lipinski definition) is 6. The van der Waals surface area contributed by atoms with Crippen LogP contribution in [0.3, 0.4) is 0 Å². The molecule has 0 fully saturated rings. The van der Waals surface area contributed by atoms with Gasteiger partial charge < -0.3 is 0 Å². The summed E-state index contributed by atoms with van der Waals surface area (Å²) in [6, 6.07) is 13.3. The van der Waals surface area contributed by atoms with Crippen LogP contribution in [-0.2, 0) is 6.42 Å². The largest absolute Gasteiger partial charge is 0.298 e. The third kappa shape index (κ3) is 4.49. The molecule has 1 amide bonds. The fourth-order valence-electron chi connectivity index (χ4n) is 2.40. The third-order valence-electron chi connectivity index (χ3n) is 3.55. The van der Waals surface area contributed by atoms with Crippen molar-refractivity contribution in [1.82, 2.24) is 14.3 Å². The van der Waals surface area contributed by atoms with Crippen LogP contribution < -0.4 is 5.32 Å². The maximum absolute atomic E-state index is 12.5. The number of benzene rings is 1. The Kier molecular flexibility index (Phi) is 6.03. The third-order valence-corrected chi connectivity index (χ3v) is 5.51. The van der Waals surface area contributed by atoms with Gasteiger partial charge in [0.15, 0.2) is 5.13 Å². The summed E-state index contributed by atoms with van der Waals surface area (Å²) in [6.45, 7) is 2.08. The van der Waals surface area contributed by atoms with E-state index in [2.05, 4.69) is 22.2 Å². The van der Waals surface area contributed by atoms with Gasteiger partial charge in [0.05, 0.1) is 5.69 Å². The lowest BCUT2D eigenvalue weighted by Gasteiger charge is -2.08. The molecule has 0 aliphatic heterocycles. The van der Waals surface area contributed by atoms with E-state index in [4.69, 9.17) is 0 Å². The number of pyridine rings is 1. The van der Waals surface area contributed by atoms with Crippen LogP contribution >= 0.6 is 23.3 Å². The van der Waals surface area contributed by atoms with E-state index in [0.29, 0.717) is 10.7 Å². The molecule has 7 heteroatoms. The average Bonchev–Trinajstić information content (AvgIpc) is 3.05. The Hall–Kier alpha value is -2.22. The molecular formula is C19H20N4OS2. The molecule has 134 valence electrons. The van der Waals surface area contributed by atoms with E-state index in [0.717, 1.165) is 27.6 Å². The zero-order valence-electron chi connectivity index (χ0n) is 14.9. The van der Waals surface area contributed by atoms with Crippen LogP contribution in [0.2, 0.25) is 0 Å². The monoisotopic (exact) mass is 384 g/mol. The lowest BCUT2D eigenvalue weighted by Crippen LogP contribution is -2.11. The zero-order valence-corrected chi connectivity index (χ0v) is 16.5. The number of carbonyl (C=O) groups is 1. The standard InChI is InChI=1S/C19H20N4OS2/c1-4-16-17(15-7-5-6-12-20-15)21-19(25-16)22-18(24)13-8-10-14(11-9-13)26-23(2)3/h5-12H,4H2,1-3H3,(H,21,22,24). The lowest BCUT2D eigenvalue weighted by molar-refractivity contribution is 0.102. The number of anilines is 1. The number of carbonyl (C=O) groups excluding carboxylic acids is 1. The number of nitrogens with zero attached hydrogens (tertiary/aromatic N) is 3. The molecule has 5 nitrogen and oxygen atoms in total. The van der Waals surface area contributed by atoms with Crippen molar-refractivity contribution in [3.63, 3.8) is 0 Å². The van der Waals surface area contributed by atoms with E-state index >= 15 is 0 Å². The Balaban J connectivity index is 1.76. The van der Waals surface area contributed by atoms with Gasteiger partial charge in [-0.25, -0.2) is 4.98 Å². The second kappa shape index (κ2) is 8.44. The van der Waals surface area contributed by atoms with Crippen LogP contribution in [0, 0.1) is 0 Å². The van der Waals surface area contributed by atoms with E-state index in [9.17, 15) is 4.79 Å². The molecule has 0 aliphatic rings. The van der Waals surface area contributed by atoms with Gasteiger partial charge in [-0.2, -0.15) is 0 Å². The summed E-state index contributed by atoms with van der Waals surface area (Å²) < 4.78 is 2.01. The van der Waals surface area contributed by atoms with Gasteiger partial charge in [0.2, 0.25) is 0 Å². The van der Waals surface area contributed by atoms with Gasteiger partial charge in [0.1, 0.15) is 5.69 Å². The number of nitrogens with one attached hydrogen (secondary N) is 1. The Morgan fingerprint density at radius 3 is 2.58 bits per heavy atom. The molecular weight excluding hydrogens is 364 g/mol. The predicted octanol–water partition coefficient (Wildman–Crippen LogP) is 4.59. The van der Waals surface area contributed by atoms with E-state index < -0.39 is 0 Å². The minimum absolute atomic E-state index is 0.157. The summed E-state index contributed by atoms with van der Waals surface area (Å²) in [6.07, 6.45) is 2.59. The van der Waals surface area contributed by atoms with Gasteiger partial charge in [-0.15, -0.1) is 11.3 Å². The summed E-state index contributed by atoms with van der Waals surface area (Å²) in [5, 5.41) is 3.50. The molecule has 3 aromatic rings.